The van der Waals surface area contributed by atoms with Gasteiger partial charge in [0.15, 0.2) is 0 Å². The number of nitrogens with zero attached hydrogens (tertiary/aromatic N) is 1. The molecule has 2 atom stereocenters. The summed E-state index contributed by atoms with van der Waals surface area (Å²) in [7, 11) is 0. The van der Waals surface area contributed by atoms with Gasteiger partial charge in [-0.25, -0.2) is 0 Å². The lowest BCUT2D eigenvalue weighted by Gasteiger charge is -2.18. The zero-order chi connectivity index (χ0) is 14.8. The lowest BCUT2D eigenvalue weighted by atomic mass is 9.95. The van der Waals surface area contributed by atoms with Crippen LogP contribution in [0.1, 0.15) is 25.0 Å². The minimum Gasteiger partial charge on any atom is -0.330 e. The molecule has 4 heteroatoms. The number of aromatic nitrogens is 1. The Labute approximate surface area is 124 Å². The summed E-state index contributed by atoms with van der Waals surface area (Å²) in [6, 6.07) is 9.82. The van der Waals surface area contributed by atoms with Crippen molar-refractivity contribution in [2.45, 2.75) is 26.2 Å². The Hall–Kier alpha value is -1.94. The fraction of sp³-hybridized carbons (Fsp3) is 0.412. The van der Waals surface area contributed by atoms with Crippen LogP contribution in [0.3, 0.4) is 0 Å². The second kappa shape index (κ2) is 5.82. The van der Waals surface area contributed by atoms with Crippen molar-refractivity contribution in [3.63, 3.8) is 0 Å². The number of carbonyl (C=O) groups excluding carboxylic acids is 1. The van der Waals surface area contributed by atoms with E-state index in [-0.39, 0.29) is 11.8 Å². The number of rotatable bonds is 3. The first-order valence-electron chi connectivity index (χ1n) is 7.56. The van der Waals surface area contributed by atoms with E-state index in [1.807, 2.05) is 37.3 Å². The number of para-hydroxylation sites is 1. The van der Waals surface area contributed by atoms with Crippen molar-refractivity contribution in [3.8, 4) is 0 Å². The molecule has 1 aliphatic rings. The SMILES string of the molecule is Cc1cc(NC(=O)C2CCCC2CN)c2ccccc2n1. The Bertz CT molecular complexity index is 668. The fourth-order valence-electron chi connectivity index (χ4n) is 3.30. The van der Waals surface area contributed by atoms with Crippen LogP contribution in [-0.2, 0) is 4.79 Å². The number of hydrogen-bond acceptors (Lipinski definition) is 3. The van der Waals surface area contributed by atoms with E-state index in [1.54, 1.807) is 0 Å². The first-order valence-corrected chi connectivity index (χ1v) is 7.56. The van der Waals surface area contributed by atoms with Crippen molar-refractivity contribution >= 4 is 22.5 Å². The normalized spacial score (nSPS) is 21.6. The van der Waals surface area contributed by atoms with Crippen LogP contribution in [0, 0.1) is 18.8 Å². The van der Waals surface area contributed by atoms with Crippen LogP contribution in [-0.4, -0.2) is 17.4 Å². The van der Waals surface area contributed by atoms with Crippen LogP contribution >= 0.6 is 0 Å². The Balaban J connectivity index is 1.89. The predicted octanol–water partition coefficient (Wildman–Crippen LogP) is 2.86. The Morgan fingerprint density at radius 1 is 1.38 bits per heavy atom. The molecule has 1 aromatic heterocycles. The second-order valence-corrected chi connectivity index (χ2v) is 5.85. The zero-order valence-corrected chi connectivity index (χ0v) is 12.3. The fourth-order valence-corrected chi connectivity index (χ4v) is 3.30. The molecule has 0 spiro atoms. The summed E-state index contributed by atoms with van der Waals surface area (Å²) in [6.45, 7) is 2.54. The van der Waals surface area contributed by atoms with Crippen molar-refractivity contribution in [1.29, 1.82) is 0 Å². The molecule has 2 aromatic rings. The number of carbonyl (C=O) groups is 1. The average Bonchev–Trinajstić information content (AvgIpc) is 2.95. The van der Waals surface area contributed by atoms with E-state index in [0.29, 0.717) is 12.5 Å². The number of nitrogens with one attached hydrogen (secondary N) is 1. The minimum atomic E-state index is 0.0437. The van der Waals surface area contributed by atoms with Gasteiger partial charge in [-0.2, -0.15) is 0 Å². The molecule has 1 heterocycles. The molecule has 1 aliphatic carbocycles. The molecular formula is C17H21N3O. The van der Waals surface area contributed by atoms with Crippen LogP contribution in [0.5, 0.6) is 0 Å². The molecule has 0 radical (unpaired) electrons. The van der Waals surface area contributed by atoms with Gasteiger partial charge in [0, 0.05) is 17.0 Å². The van der Waals surface area contributed by atoms with Crippen molar-refractivity contribution in [3.05, 3.63) is 36.0 Å². The van der Waals surface area contributed by atoms with Crippen molar-refractivity contribution in [2.75, 3.05) is 11.9 Å². The first-order chi connectivity index (χ1) is 10.2. The molecule has 0 bridgehead atoms. The highest BCUT2D eigenvalue weighted by atomic mass is 16.1. The molecule has 1 aromatic carbocycles. The van der Waals surface area contributed by atoms with Crippen LogP contribution in [0.25, 0.3) is 10.9 Å². The van der Waals surface area contributed by atoms with Gasteiger partial charge in [-0.15, -0.1) is 0 Å². The highest BCUT2D eigenvalue weighted by Crippen LogP contribution is 2.32. The highest BCUT2D eigenvalue weighted by Gasteiger charge is 2.32. The lowest BCUT2D eigenvalue weighted by Crippen LogP contribution is -2.29. The van der Waals surface area contributed by atoms with Crippen molar-refractivity contribution < 1.29 is 4.79 Å². The number of amides is 1. The van der Waals surface area contributed by atoms with Gasteiger partial charge >= 0.3 is 0 Å². The van der Waals surface area contributed by atoms with Gasteiger partial charge in [0.1, 0.15) is 0 Å². The minimum absolute atomic E-state index is 0.0437. The number of fused-ring (bicyclic) bond motifs is 1. The number of anilines is 1. The highest BCUT2D eigenvalue weighted by molar-refractivity contribution is 6.02. The van der Waals surface area contributed by atoms with Crippen LogP contribution in [0.2, 0.25) is 0 Å². The second-order valence-electron chi connectivity index (χ2n) is 5.85. The van der Waals surface area contributed by atoms with E-state index >= 15 is 0 Å². The molecule has 110 valence electrons. The third-order valence-corrected chi connectivity index (χ3v) is 4.40. The molecule has 2 unspecified atom stereocenters. The van der Waals surface area contributed by atoms with E-state index in [1.165, 1.54) is 0 Å². The van der Waals surface area contributed by atoms with E-state index in [2.05, 4.69) is 10.3 Å². The maximum atomic E-state index is 12.6. The van der Waals surface area contributed by atoms with Gasteiger partial charge in [-0.3, -0.25) is 9.78 Å². The zero-order valence-electron chi connectivity index (χ0n) is 12.3. The average molecular weight is 283 g/mol. The summed E-state index contributed by atoms with van der Waals surface area (Å²) in [5.74, 6) is 0.458. The quantitative estimate of drug-likeness (QED) is 0.910. The standard InChI is InChI=1S/C17H21N3O/c1-11-9-16(14-6-2-3-8-15(14)19-11)20-17(21)13-7-4-5-12(13)10-18/h2-3,6,8-9,12-13H,4-5,7,10,18H2,1H3,(H,19,20,21). The van der Waals surface area contributed by atoms with Gasteiger partial charge in [-0.1, -0.05) is 24.6 Å². The number of benzene rings is 1. The van der Waals surface area contributed by atoms with Crippen LogP contribution in [0.15, 0.2) is 30.3 Å². The van der Waals surface area contributed by atoms with E-state index in [0.717, 1.165) is 41.5 Å². The van der Waals surface area contributed by atoms with Gasteiger partial charge < -0.3 is 11.1 Å². The molecule has 21 heavy (non-hydrogen) atoms. The molecule has 1 amide bonds. The van der Waals surface area contributed by atoms with E-state index in [9.17, 15) is 4.79 Å². The Morgan fingerprint density at radius 2 is 2.19 bits per heavy atom. The third kappa shape index (κ3) is 2.76. The summed E-state index contributed by atoms with van der Waals surface area (Å²) in [4.78, 5) is 17.1. The molecule has 0 aliphatic heterocycles. The molecule has 4 nitrogen and oxygen atoms in total. The molecule has 3 N–H and O–H groups in total. The molecular weight excluding hydrogens is 262 g/mol. The third-order valence-electron chi connectivity index (χ3n) is 4.40. The number of aryl methyl sites for hydroxylation is 1. The summed E-state index contributed by atoms with van der Waals surface area (Å²) >= 11 is 0. The number of pyridine rings is 1. The van der Waals surface area contributed by atoms with Crippen LogP contribution < -0.4 is 11.1 Å². The van der Waals surface area contributed by atoms with Gasteiger partial charge in [0.25, 0.3) is 0 Å². The smallest absolute Gasteiger partial charge is 0.227 e. The summed E-state index contributed by atoms with van der Waals surface area (Å²) in [6.07, 6.45) is 3.09. The summed E-state index contributed by atoms with van der Waals surface area (Å²) in [5, 5.41) is 4.08. The topological polar surface area (TPSA) is 68.0 Å². The molecule has 1 saturated carbocycles. The van der Waals surface area contributed by atoms with E-state index in [4.69, 9.17) is 5.73 Å². The summed E-state index contributed by atoms with van der Waals surface area (Å²) in [5.41, 5.74) is 8.45. The lowest BCUT2D eigenvalue weighted by molar-refractivity contribution is -0.120. The Kier molecular flexibility index (Phi) is 3.88. The predicted molar refractivity (Wildman–Crippen MR) is 85.0 cm³/mol. The molecule has 0 saturated heterocycles. The van der Waals surface area contributed by atoms with Crippen LogP contribution in [0.4, 0.5) is 5.69 Å². The number of hydrogen-bond donors (Lipinski definition) is 2. The molecule has 1 fully saturated rings. The van der Waals surface area contributed by atoms with Crippen molar-refractivity contribution in [2.24, 2.45) is 17.6 Å². The Morgan fingerprint density at radius 3 is 3.00 bits per heavy atom. The van der Waals surface area contributed by atoms with Gasteiger partial charge in [0.2, 0.25) is 5.91 Å². The maximum absolute atomic E-state index is 12.6. The number of nitrogens with two attached hydrogens (primary N) is 1. The molecule has 3 rings (SSSR count). The summed E-state index contributed by atoms with van der Waals surface area (Å²) < 4.78 is 0. The van der Waals surface area contributed by atoms with Gasteiger partial charge in [-0.05, 0) is 44.4 Å². The van der Waals surface area contributed by atoms with Gasteiger partial charge in [0.05, 0.1) is 11.2 Å². The maximum Gasteiger partial charge on any atom is 0.227 e. The van der Waals surface area contributed by atoms with E-state index < -0.39 is 0 Å². The first kappa shape index (κ1) is 14.0. The largest absolute Gasteiger partial charge is 0.330 e. The monoisotopic (exact) mass is 283 g/mol. The van der Waals surface area contributed by atoms with Crippen molar-refractivity contribution in [1.82, 2.24) is 4.98 Å².